The molecule has 1 N–H and O–H groups in total. The van der Waals surface area contributed by atoms with Crippen LogP contribution < -0.4 is 5.32 Å². The van der Waals surface area contributed by atoms with Crippen LogP contribution in [0.4, 0.5) is 4.39 Å². The Balaban J connectivity index is 2.93. The van der Waals surface area contributed by atoms with E-state index in [2.05, 4.69) is 5.32 Å². The number of carbonyl (C=O) groups is 4. The van der Waals surface area contributed by atoms with Crippen LogP contribution in [-0.2, 0) is 56.5 Å². The van der Waals surface area contributed by atoms with E-state index in [-0.39, 0.29) is 18.8 Å². The molecular formula is C37H59FNO12P. The largest absolute Gasteiger partial charge is 0.462 e. The minimum absolute atomic E-state index is 0.0351. The molecule has 2 rings (SSSR count). The maximum atomic E-state index is 14.5. The first-order chi connectivity index (χ1) is 23.7. The predicted molar refractivity (Wildman–Crippen MR) is 190 cm³/mol. The maximum Gasteiger partial charge on any atom is 0.352 e. The van der Waals surface area contributed by atoms with Crippen LogP contribution in [0.15, 0.2) is 24.3 Å². The molecule has 1 fully saturated rings. The highest BCUT2D eigenvalue weighted by Gasteiger charge is 2.56. The normalized spacial score (nSPS) is 22.2. The highest BCUT2D eigenvalue weighted by atomic mass is 31.2. The Bertz CT molecular complexity index is 1430. The molecule has 0 aromatic heterocycles. The Morgan fingerprint density at radius 3 is 1.50 bits per heavy atom. The lowest BCUT2D eigenvalue weighted by atomic mass is 9.92. The lowest BCUT2D eigenvalue weighted by Crippen LogP contribution is -2.66. The summed E-state index contributed by atoms with van der Waals surface area (Å²) in [5.41, 5.74) is -3.88. The molecular weight excluding hydrogens is 700 g/mol. The summed E-state index contributed by atoms with van der Waals surface area (Å²) in [5, 5.41) is 3.10. The molecule has 1 aliphatic rings. The Morgan fingerprint density at radius 1 is 0.692 bits per heavy atom. The van der Waals surface area contributed by atoms with Crippen LogP contribution in [0, 0.1) is 27.5 Å². The molecule has 1 aliphatic heterocycles. The number of hydrogen-bond acceptors (Lipinski definition) is 13. The van der Waals surface area contributed by atoms with Crippen molar-refractivity contribution in [3.63, 3.8) is 0 Å². The molecule has 1 saturated heterocycles. The van der Waals surface area contributed by atoms with Gasteiger partial charge in [-0.2, -0.15) is 0 Å². The molecule has 0 bridgehead atoms. The molecule has 1 heterocycles. The fourth-order valence-electron chi connectivity index (χ4n) is 4.58. The van der Waals surface area contributed by atoms with Crippen molar-refractivity contribution in [3.8, 4) is 0 Å². The minimum Gasteiger partial charge on any atom is -0.462 e. The van der Waals surface area contributed by atoms with Crippen LogP contribution in [0.1, 0.15) is 108 Å². The van der Waals surface area contributed by atoms with Gasteiger partial charge in [-0.1, -0.05) is 12.1 Å². The fourth-order valence-corrected chi connectivity index (χ4v) is 6.54. The van der Waals surface area contributed by atoms with Crippen molar-refractivity contribution in [2.75, 3.05) is 19.8 Å². The fraction of sp³-hybridized carbons (Fsp3) is 0.730. The molecule has 52 heavy (non-hydrogen) atoms. The highest BCUT2D eigenvalue weighted by Crippen LogP contribution is 2.60. The average molecular weight is 760 g/mol. The molecule has 6 atom stereocenters. The SMILES string of the molecule is CCOP(=O)(OCC)[C@H](N[C@@H]1O[C@H](COC(=O)C(C)(C)C)[C@H](OC(=O)C(C)(C)C)[C@H](OC(=O)C(C)(C)C)[C@H]1OC(=O)C(C)(C)C)c1ccc(F)cc1. The maximum absolute atomic E-state index is 14.5. The van der Waals surface area contributed by atoms with E-state index in [1.165, 1.54) is 12.1 Å². The van der Waals surface area contributed by atoms with Crippen molar-refractivity contribution in [2.45, 2.75) is 133 Å². The molecule has 296 valence electrons. The molecule has 0 spiro atoms. The number of ether oxygens (including phenoxy) is 5. The summed E-state index contributed by atoms with van der Waals surface area (Å²) in [5.74, 6) is -4.71. The molecule has 0 saturated carbocycles. The van der Waals surface area contributed by atoms with Crippen molar-refractivity contribution in [1.29, 1.82) is 0 Å². The van der Waals surface area contributed by atoms with Crippen LogP contribution in [0.2, 0.25) is 0 Å². The van der Waals surface area contributed by atoms with E-state index < -0.39 is 102 Å². The number of benzene rings is 1. The number of halogens is 1. The summed E-state index contributed by atoms with van der Waals surface area (Å²) >= 11 is 0. The minimum atomic E-state index is -4.17. The summed E-state index contributed by atoms with van der Waals surface area (Å²) < 4.78 is 70.4. The van der Waals surface area contributed by atoms with Gasteiger partial charge in [-0.15, -0.1) is 0 Å². The first-order valence-electron chi connectivity index (χ1n) is 17.5. The molecule has 0 radical (unpaired) electrons. The van der Waals surface area contributed by atoms with Crippen molar-refractivity contribution >= 4 is 31.5 Å². The monoisotopic (exact) mass is 759 g/mol. The van der Waals surface area contributed by atoms with Crippen LogP contribution in [0.3, 0.4) is 0 Å². The van der Waals surface area contributed by atoms with E-state index >= 15 is 0 Å². The van der Waals surface area contributed by atoms with Crippen LogP contribution in [0.5, 0.6) is 0 Å². The van der Waals surface area contributed by atoms with Gasteiger partial charge < -0.3 is 32.7 Å². The second-order valence-electron chi connectivity index (χ2n) is 16.8. The van der Waals surface area contributed by atoms with E-state index in [4.69, 9.17) is 32.7 Å². The van der Waals surface area contributed by atoms with Gasteiger partial charge in [0.05, 0.1) is 34.9 Å². The van der Waals surface area contributed by atoms with Crippen LogP contribution >= 0.6 is 7.60 Å². The predicted octanol–water partition coefficient (Wildman–Crippen LogP) is 6.87. The zero-order valence-electron chi connectivity index (χ0n) is 33.1. The first kappa shape index (κ1) is 45.3. The third-order valence-corrected chi connectivity index (χ3v) is 9.95. The first-order valence-corrected chi connectivity index (χ1v) is 19.1. The Morgan fingerprint density at radius 2 is 1.10 bits per heavy atom. The van der Waals surface area contributed by atoms with Gasteiger partial charge in [0, 0.05) is 0 Å². The topological polar surface area (TPSA) is 162 Å². The smallest absolute Gasteiger partial charge is 0.352 e. The number of nitrogens with one attached hydrogen (secondary N) is 1. The average Bonchev–Trinajstić information content (AvgIpc) is 2.99. The van der Waals surface area contributed by atoms with Gasteiger partial charge in [-0.25, -0.2) is 4.39 Å². The third-order valence-electron chi connectivity index (χ3n) is 7.63. The Kier molecular flexibility index (Phi) is 15.2. The van der Waals surface area contributed by atoms with E-state index in [1.54, 1.807) is 96.9 Å². The van der Waals surface area contributed by atoms with Crippen molar-refractivity contribution < 1.29 is 60.9 Å². The summed E-state index contributed by atoms with van der Waals surface area (Å²) in [6, 6.07) is 5.08. The van der Waals surface area contributed by atoms with Crippen molar-refractivity contribution in [3.05, 3.63) is 35.6 Å². The van der Waals surface area contributed by atoms with Gasteiger partial charge >= 0.3 is 31.5 Å². The number of esters is 4. The van der Waals surface area contributed by atoms with Crippen LogP contribution in [0.25, 0.3) is 0 Å². The molecule has 1 aromatic carbocycles. The molecule has 0 amide bonds. The second-order valence-corrected chi connectivity index (χ2v) is 18.9. The second kappa shape index (κ2) is 17.5. The van der Waals surface area contributed by atoms with Gasteiger partial charge in [0.1, 0.15) is 24.3 Å². The summed E-state index contributed by atoms with van der Waals surface area (Å²) in [7, 11) is -4.17. The number of hydrogen-bond donors (Lipinski definition) is 1. The van der Waals surface area contributed by atoms with Gasteiger partial charge in [0.2, 0.25) is 0 Å². The van der Waals surface area contributed by atoms with E-state index in [0.29, 0.717) is 0 Å². The van der Waals surface area contributed by atoms with E-state index in [9.17, 15) is 28.1 Å². The number of rotatable bonds is 13. The zero-order valence-corrected chi connectivity index (χ0v) is 34.0. The standard InChI is InChI=1S/C37H59FNO12P/c1-15-46-52(44,47-16-2)29(22-17-19-23(38)20-18-22)39-28-27(51-33(43)37(12,13)14)26(50-32(42)36(9,10)11)25(49-31(41)35(6,7)8)24(48-28)21-45-30(40)34(3,4)5/h17-20,24-29,39H,15-16,21H2,1-14H3/t24-,25+,26+,27-,28-,29+/m1/s1. The number of carbonyl (C=O) groups excluding carboxylic acids is 4. The van der Waals surface area contributed by atoms with Crippen LogP contribution in [-0.4, -0.2) is 74.3 Å². The lowest BCUT2D eigenvalue weighted by Gasteiger charge is -2.47. The van der Waals surface area contributed by atoms with Crippen molar-refractivity contribution in [2.24, 2.45) is 21.7 Å². The quantitative estimate of drug-likeness (QED) is 0.126. The molecule has 0 unspecified atom stereocenters. The molecule has 1 aromatic rings. The van der Waals surface area contributed by atoms with E-state index in [0.717, 1.165) is 12.1 Å². The Hall–Kier alpha value is -2.90. The van der Waals surface area contributed by atoms with Gasteiger partial charge in [0.15, 0.2) is 24.5 Å². The lowest BCUT2D eigenvalue weighted by molar-refractivity contribution is -0.265. The van der Waals surface area contributed by atoms with E-state index in [1.807, 2.05) is 0 Å². The molecule has 0 aliphatic carbocycles. The Labute approximate surface area is 307 Å². The zero-order chi connectivity index (χ0) is 40.0. The molecule has 15 heteroatoms. The summed E-state index contributed by atoms with van der Waals surface area (Å²) in [4.78, 5) is 53.7. The third kappa shape index (κ3) is 12.3. The molecule has 13 nitrogen and oxygen atoms in total. The highest BCUT2D eigenvalue weighted by molar-refractivity contribution is 7.54. The van der Waals surface area contributed by atoms with Crippen molar-refractivity contribution in [1.82, 2.24) is 5.32 Å². The van der Waals surface area contributed by atoms with Gasteiger partial charge in [-0.05, 0) is 115 Å². The van der Waals surface area contributed by atoms with Gasteiger partial charge in [-0.3, -0.25) is 29.1 Å². The summed E-state index contributed by atoms with van der Waals surface area (Å²) in [6.07, 6.45) is -7.43. The summed E-state index contributed by atoms with van der Waals surface area (Å²) in [6.45, 7) is 22.2. The van der Waals surface area contributed by atoms with Gasteiger partial charge in [0.25, 0.3) is 0 Å².